The summed E-state index contributed by atoms with van der Waals surface area (Å²) >= 11 is 6.21. The maximum absolute atomic E-state index is 11.0. The average molecular weight is 348 g/mol. The Morgan fingerprint density at radius 1 is 1.17 bits per heavy atom. The SMILES string of the molecule is O=C(O)c1cccc(CCNCc2cc(Cl)c3c(c2)OCCO3)c1. The molecule has 1 aliphatic rings. The van der Waals surface area contributed by atoms with E-state index in [1.54, 1.807) is 18.2 Å². The Bertz CT molecular complexity index is 748. The van der Waals surface area contributed by atoms with E-state index < -0.39 is 5.97 Å². The predicted molar refractivity (Wildman–Crippen MR) is 91.3 cm³/mol. The van der Waals surface area contributed by atoms with Crippen LogP contribution in [0.15, 0.2) is 36.4 Å². The van der Waals surface area contributed by atoms with E-state index in [1.165, 1.54) is 0 Å². The summed E-state index contributed by atoms with van der Waals surface area (Å²) in [6.45, 7) is 2.42. The number of carboxylic acid groups (broad SMARTS) is 1. The van der Waals surface area contributed by atoms with Crippen molar-refractivity contribution in [1.82, 2.24) is 5.32 Å². The molecule has 24 heavy (non-hydrogen) atoms. The first-order valence-electron chi connectivity index (χ1n) is 7.74. The van der Waals surface area contributed by atoms with E-state index >= 15 is 0 Å². The van der Waals surface area contributed by atoms with Crippen molar-refractivity contribution in [3.63, 3.8) is 0 Å². The van der Waals surface area contributed by atoms with Gasteiger partial charge in [0.05, 0.1) is 10.6 Å². The van der Waals surface area contributed by atoms with Gasteiger partial charge in [-0.3, -0.25) is 0 Å². The molecule has 5 nitrogen and oxygen atoms in total. The molecule has 0 spiro atoms. The summed E-state index contributed by atoms with van der Waals surface area (Å²) in [5.41, 5.74) is 2.32. The third-order valence-corrected chi connectivity index (χ3v) is 4.03. The van der Waals surface area contributed by atoms with Crippen LogP contribution in [0.4, 0.5) is 0 Å². The molecule has 1 heterocycles. The number of halogens is 1. The molecule has 2 N–H and O–H groups in total. The number of hydrogen-bond acceptors (Lipinski definition) is 4. The van der Waals surface area contributed by atoms with Crippen molar-refractivity contribution in [2.45, 2.75) is 13.0 Å². The number of aromatic carboxylic acids is 1. The Balaban J connectivity index is 1.54. The summed E-state index contributed by atoms with van der Waals surface area (Å²) in [5.74, 6) is 0.382. The first-order valence-corrected chi connectivity index (χ1v) is 8.12. The molecule has 0 atom stereocenters. The molecule has 2 aromatic rings. The van der Waals surface area contributed by atoms with Gasteiger partial charge in [0.2, 0.25) is 0 Å². The van der Waals surface area contributed by atoms with Crippen LogP contribution in [-0.4, -0.2) is 30.8 Å². The van der Waals surface area contributed by atoms with Crippen LogP contribution >= 0.6 is 11.6 Å². The van der Waals surface area contributed by atoms with Crippen LogP contribution in [0.1, 0.15) is 21.5 Å². The van der Waals surface area contributed by atoms with Crippen LogP contribution in [0.2, 0.25) is 5.02 Å². The van der Waals surface area contributed by atoms with Crippen LogP contribution < -0.4 is 14.8 Å². The highest BCUT2D eigenvalue weighted by atomic mass is 35.5. The quantitative estimate of drug-likeness (QED) is 0.786. The minimum atomic E-state index is -0.907. The van der Waals surface area contributed by atoms with Crippen LogP contribution in [0, 0.1) is 0 Å². The summed E-state index contributed by atoms with van der Waals surface area (Å²) in [7, 11) is 0. The van der Waals surface area contributed by atoms with E-state index in [1.807, 2.05) is 18.2 Å². The van der Waals surface area contributed by atoms with Gasteiger partial charge in [0.1, 0.15) is 13.2 Å². The third-order valence-electron chi connectivity index (χ3n) is 3.75. The Labute approximate surface area is 145 Å². The zero-order valence-electron chi connectivity index (χ0n) is 13.0. The normalized spacial score (nSPS) is 12.9. The first kappa shape index (κ1) is 16.6. The zero-order valence-corrected chi connectivity index (χ0v) is 13.8. The first-order chi connectivity index (χ1) is 11.6. The van der Waals surface area contributed by atoms with Gasteiger partial charge in [0.25, 0.3) is 0 Å². The van der Waals surface area contributed by atoms with Gasteiger partial charge in [0.15, 0.2) is 11.5 Å². The van der Waals surface area contributed by atoms with Gasteiger partial charge in [-0.25, -0.2) is 4.79 Å². The van der Waals surface area contributed by atoms with Gasteiger partial charge >= 0.3 is 5.97 Å². The molecule has 0 aliphatic carbocycles. The molecule has 2 aromatic carbocycles. The van der Waals surface area contributed by atoms with E-state index in [0.717, 1.165) is 24.1 Å². The monoisotopic (exact) mass is 347 g/mol. The molecule has 0 aromatic heterocycles. The fourth-order valence-electron chi connectivity index (χ4n) is 2.59. The number of fused-ring (bicyclic) bond motifs is 1. The minimum absolute atomic E-state index is 0.311. The summed E-state index contributed by atoms with van der Waals surface area (Å²) in [5, 5.41) is 12.9. The summed E-state index contributed by atoms with van der Waals surface area (Å²) < 4.78 is 11.1. The smallest absolute Gasteiger partial charge is 0.335 e. The zero-order chi connectivity index (χ0) is 16.9. The van der Waals surface area contributed by atoms with Crippen molar-refractivity contribution < 1.29 is 19.4 Å². The number of hydrogen-bond donors (Lipinski definition) is 2. The molecular weight excluding hydrogens is 330 g/mol. The second-order valence-electron chi connectivity index (χ2n) is 5.53. The number of carboxylic acids is 1. The molecular formula is C18H18ClNO4. The van der Waals surface area contributed by atoms with Crippen molar-refractivity contribution >= 4 is 17.6 Å². The van der Waals surface area contributed by atoms with Crippen LogP contribution in [0.25, 0.3) is 0 Å². The fraction of sp³-hybridized carbons (Fsp3) is 0.278. The van der Waals surface area contributed by atoms with Crippen molar-refractivity contribution in [2.75, 3.05) is 19.8 Å². The molecule has 0 unspecified atom stereocenters. The van der Waals surface area contributed by atoms with E-state index in [0.29, 0.717) is 41.8 Å². The molecule has 0 saturated carbocycles. The van der Waals surface area contributed by atoms with Gasteiger partial charge in [0, 0.05) is 6.54 Å². The number of benzene rings is 2. The standard InChI is InChI=1S/C18H18ClNO4/c19-15-9-13(10-16-17(15)24-7-6-23-16)11-20-5-4-12-2-1-3-14(8-12)18(21)22/h1-3,8-10,20H,4-7,11H2,(H,21,22). The van der Waals surface area contributed by atoms with Crippen LogP contribution in [-0.2, 0) is 13.0 Å². The van der Waals surface area contributed by atoms with Crippen molar-refractivity contribution in [3.8, 4) is 11.5 Å². The molecule has 0 radical (unpaired) electrons. The second-order valence-corrected chi connectivity index (χ2v) is 5.94. The van der Waals surface area contributed by atoms with Gasteiger partial charge in [-0.1, -0.05) is 23.7 Å². The topological polar surface area (TPSA) is 67.8 Å². The Kier molecular flexibility index (Phi) is 5.23. The fourth-order valence-corrected chi connectivity index (χ4v) is 2.88. The largest absolute Gasteiger partial charge is 0.486 e. The molecule has 3 rings (SSSR count). The van der Waals surface area contributed by atoms with E-state index in [-0.39, 0.29) is 0 Å². The molecule has 1 aliphatic heterocycles. The van der Waals surface area contributed by atoms with Gasteiger partial charge in [-0.05, 0) is 48.4 Å². The summed E-state index contributed by atoms with van der Waals surface area (Å²) in [6, 6.07) is 10.8. The Hall–Kier alpha value is -2.24. The van der Waals surface area contributed by atoms with E-state index in [2.05, 4.69) is 5.32 Å². The molecule has 6 heteroatoms. The highest BCUT2D eigenvalue weighted by Gasteiger charge is 2.16. The van der Waals surface area contributed by atoms with Crippen LogP contribution in [0.3, 0.4) is 0 Å². The number of rotatable bonds is 6. The lowest BCUT2D eigenvalue weighted by Gasteiger charge is -2.20. The average Bonchev–Trinajstić information content (AvgIpc) is 2.59. The molecule has 0 saturated heterocycles. The number of carbonyl (C=O) groups is 1. The maximum Gasteiger partial charge on any atom is 0.335 e. The van der Waals surface area contributed by atoms with Gasteiger partial charge in [-0.2, -0.15) is 0 Å². The van der Waals surface area contributed by atoms with Gasteiger partial charge in [-0.15, -0.1) is 0 Å². The Morgan fingerprint density at radius 3 is 2.83 bits per heavy atom. The van der Waals surface area contributed by atoms with E-state index in [4.69, 9.17) is 26.2 Å². The third kappa shape index (κ3) is 3.99. The highest BCUT2D eigenvalue weighted by molar-refractivity contribution is 6.32. The molecule has 0 fully saturated rings. The van der Waals surface area contributed by atoms with Crippen molar-refractivity contribution in [2.24, 2.45) is 0 Å². The van der Waals surface area contributed by atoms with Crippen molar-refractivity contribution in [1.29, 1.82) is 0 Å². The Morgan fingerprint density at radius 2 is 2.00 bits per heavy atom. The summed E-state index contributed by atoms with van der Waals surface area (Å²) in [4.78, 5) is 11.0. The molecule has 0 amide bonds. The van der Waals surface area contributed by atoms with Gasteiger partial charge < -0.3 is 19.9 Å². The predicted octanol–water partition coefficient (Wildman–Crippen LogP) is 3.14. The molecule has 126 valence electrons. The molecule has 0 bridgehead atoms. The lowest BCUT2D eigenvalue weighted by Crippen LogP contribution is -2.18. The minimum Gasteiger partial charge on any atom is -0.486 e. The number of nitrogens with one attached hydrogen (secondary N) is 1. The highest BCUT2D eigenvalue weighted by Crippen LogP contribution is 2.38. The lowest BCUT2D eigenvalue weighted by atomic mass is 10.1. The lowest BCUT2D eigenvalue weighted by molar-refractivity contribution is 0.0696. The van der Waals surface area contributed by atoms with Crippen molar-refractivity contribution in [3.05, 3.63) is 58.1 Å². The number of ether oxygens (including phenoxy) is 2. The maximum atomic E-state index is 11.0. The van der Waals surface area contributed by atoms with Crippen LogP contribution in [0.5, 0.6) is 11.5 Å². The summed E-state index contributed by atoms with van der Waals surface area (Å²) in [6.07, 6.45) is 0.749. The van der Waals surface area contributed by atoms with E-state index in [9.17, 15) is 4.79 Å². The second kappa shape index (κ2) is 7.55.